The molecule has 0 aromatic rings. The molecule has 29 heavy (non-hydrogen) atoms. The summed E-state index contributed by atoms with van der Waals surface area (Å²) in [5, 5.41) is 8.74. The van der Waals surface area contributed by atoms with Crippen LogP contribution < -0.4 is 0 Å². The van der Waals surface area contributed by atoms with Crippen molar-refractivity contribution in [2.24, 2.45) is 0 Å². The van der Waals surface area contributed by atoms with Crippen LogP contribution in [-0.2, 0) is 0 Å². The average molecular weight is 468 g/mol. The molecule has 0 aromatic carbocycles. The van der Waals surface area contributed by atoms with Crippen LogP contribution >= 0.6 is 22.2 Å². The zero-order valence-electron chi connectivity index (χ0n) is 19.5. The highest BCUT2D eigenvalue weighted by Crippen LogP contribution is 2.16. The Hall–Kier alpha value is 0.757. The van der Waals surface area contributed by atoms with E-state index in [1.807, 2.05) is 0 Å². The van der Waals surface area contributed by atoms with Gasteiger partial charge in [-0.25, -0.2) is 0 Å². The van der Waals surface area contributed by atoms with Gasteiger partial charge in [-0.2, -0.15) is 22.2 Å². The van der Waals surface area contributed by atoms with E-state index in [4.69, 9.17) is 27.3 Å². The molecule has 0 saturated heterocycles. The van der Waals surface area contributed by atoms with E-state index in [2.05, 4.69) is 0 Å². The minimum absolute atomic E-state index is 0.369. The second-order valence-corrected chi connectivity index (χ2v) is 14.2. The lowest BCUT2D eigenvalue weighted by Crippen LogP contribution is -1.91. The minimum Gasteiger partial charge on any atom is -0.396 e. The molecule has 0 aliphatic rings. The first-order valence-corrected chi connectivity index (χ1v) is 17.5. The lowest BCUT2D eigenvalue weighted by atomic mass is 10.0. The van der Waals surface area contributed by atoms with Crippen LogP contribution in [0.3, 0.4) is 0 Å². The maximum absolute atomic E-state index is 8.74. The summed E-state index contributed by atoms with van der Waals surface area (Å²) in [6.07, 6.45) is 31.9. The molecular formula is C25H52Cl2OSi. The van der Waals surface area contributed by atoms with Crippen LogP contribution in [0.2, 0.25) is 6.04 Å². The molecule has 0 aliphatic heterocycles. The second-order valence-electron chi connectivity index (χ2n) is 9.04. The van der Waals surface area contributed by atoms with Crippen LogP contribution in [-0.4, -0.2) is 19.1 Å². The van der Waals surface area contributed by atoms with Crippen molar-refractivity contribution in [3.8, 4) is 0 Å². The van der Waals surface area contributed by atoms with Crippen molar-refractivity contribution in [1.29, 1.82) is 0 Å². The van der Waals surface area contributed by atoms with Gasteiger partial charge in [-0.1, -0.05) is 141 Å². The molecular weight excluding hydrogens is 415 g/mol. The number of hydrogen-bond donors (Lipinski definition) is 1. The Morgan fingerprint density at radius 1 is 0.345 bits per heavy atom. The van der Waals surface area contributed by atoms with E-state index in [1.54, 1.807) is 0 Å². The molecule has 176 valence electrons. The normalized spacial score (nSPS) is 11.6. The third-order valence-corrected chi connectivity index (χ3v) is 8.23. The van der Waals surface area contributed by atoms with Crippen LogP contribution in [0, 0.1) is 0 Å². The highest BCUT2D eigenvalue weighted by molar-refractivity contribution is 7.33. The van der Waals surface area contributed by atoms with Gasteiger partial charge in [0.15, 0.2) is 0 Å². The molecule has 0 bridgehead atoms. The minimum atomic E-state index is -1.33. The summed E-state index contributed by atoms with van der Waals surface area (Å²) >= 11 is 11.8. The van der Waals surface area contributed by atoms with Gasteiger partial charge in [-0.05, 0) is 12.5 Å². The molecule has 0 fully saturated rings. The Morgan fingerprint density at radius 2 is 0.552 bits per heavy atom. The largest absolute Gasteiger partial charge is 0.396 e. The monoisotopic (exact) mass is 466 g/mol. The Kier molecular flexibility index (Phi) is 27.5. The van der Waals surface area contributed by atoms with E-state index in [1.165, 1.54) is 141 Å². The van der Waals surface area contributed by atoms with Gasteiger partial charge in [0.05, 0.1) is 0 Å². The SMILES string of the molecule is OCCCCCCCCCCCCCCCCCCCCCCCCC[SiH](Cl)Cl. The standard InChI is InChI=1S/C25H52Cl2OSi/c26-29(27)25-23-21-19-17-15-13-11-9-7-5-3-1-2-4-6-8-10-12-14-16-18-20-22-24-28/h28-29H,1-25H2. The summed E-state index contributed by atoms with van der Waals surface area (Å²) in [5.41, 5.74) is 0. The molecule has 0 aromatic heterocycles. The summed E-state index contributed by atoms with van der Waals surface area (Å²) in [6, 6.07) is 1.09. The molecule has 0 aliphatic carbocycles. The fraction of sp³-hybridized carbons (Fsp3) is 1.00. The topological polar surface area (TPSA) is 20.2 Å². The van der Waals surface area contributed by atoms with E-state index < -0.39 is 7.42 Å². The van der Waals surface area contributed by atoms with Crippen LogP contribution in [0.15, 0.2) is 0 Å². The molecule has 1 nitrogen and oxygen atoms in total. The third kappa shape index (κ3) is 28.8. The summed E-state index contributed by atoms with van der Waals surface area (Å²) in [7, 11) is -1.33. The molecule has 0 amide bonds. The molecule has 1 N–H and O–H groups in total. The first-order valence-electron chi connectivity index (χ1n) is 13.2. The van der Waals surface area contributed by atoms with Gasteiger partial charge in [0.1, 0.15) is 0 Å². The van der Waals surface area contributed by atoms with Crippen LogP contribution in [0.25, 0.3) is 0 Å². The van der Waals surface area contributed by atoms with Crippen LogP contribution in [0.4, 0.5) is 0 Å². The Balaban J connectivity index is 2.98. The molecule has 0 saturated carbocycles. The van der Waals surface area contributed by atoms with Gasteiger partial charge in [-0.15, -0.1) is 0 Å². The van der Waals surface area contributed by atoms with Crippen molar-refractivity contribution in [3.05, 3.63) is 0 Å². The number of halogens is 2. The van der Waals surface area contributed by atoms with Crippen LogP contribution in [0.1, 0.15) is 148 Å². The Labute approximate surface area is 194 Å². The van der Waals surface area contributed by atoms with Gasteiger partial charge in [0, 0.05) is 6.61 Å². The van der Waals surface area contributed by atoms with E-state index >= 15 is 0 Å². The van der Waals surface area contributed by atoms with Gasteiger partial charge >= 0.3 is 0 Å². The molecule has 0 radical (unpaired) electrons. The molecule has 0 atom stereocenters. The zero-order chi connectivity index (χ0) is 21.3. The van der Waals surface area contributed by atoms with Crippen molar-refractivity contribution in [3.63, 3.8) is 0 Å². The Morgan fingerprint density at radius 3 is 0.759 bits per heavy atom. The van der Waals surface area contributed by atoms with Gasteiger partial charge in [0.25, 0.3) is 0 Å². The summed E-state index contributed by atoms with van der Waals surface area (Å²) < 4.78 is 0. The highest BCUT2D eigenvalue weighted by atomic mass is 35.7. The lowest BCUT2D eigenvalue weighted by Gasteiger charge is -2.04. The predicted octanol–water partition coefficient (Wildman–Crippen LogP) is 9.65. The zero-order valence-corrected chi connectivity index (χ0v) is 22.1. The first-order chi connectivity index (χ1) is 14.3. The number of aliphatic hydroxyl groups excluding tert-OH is 1. The summed E-state index contributed by atoms with van der Waals surface area (Å²) in [6.45, 7) is 0.369. The Bertz CT molecular complexity index is 290. The lowest BCUT2D eigenvalue weighted by molar-refractivity contribution is 0.282. The molecule has 4 heteroatoms. The third-order valence-electron chi connectivity index (χ3n) is 6.08. The maximum atomic E-state index is 8.74. The predicted molar refractivity (Wildman–Crippen MR) is 137 cm³/mol. The van der Waals surface area contributed by atoms with E-state index in [0.29, 0.717) is 6.61 Å². The molecule has 0 unspecified atom stereocenters. The number of unbranched alkanes of at least 4 members (excludes halogenated alkanes) is 22. The smallest absolute Gasteiger partial charge is 0.237 e. The number of rotatable bonds is 25. The first kappa shape index (κ1) is 29.8. The van der Waals surface area contributed by atoms with Crippen molar-refractivity contribution in [2.75, 3.05) is 6.61 Å². The van der Waals surface area contributed by atoms with Crippen molar-refractivity contribution >= 4 is 29.6 Å². The number of hydrogen-bond acceptors (Lipinski definition) is 1. The van der Waals surface area contributed by atoms with Gasteiger partial charge in [0.2, 0.25) is 7.42 Å². The van der Waals surface area contributed by atoms with Gasteiger partial charge < -0.3 is 5.11 Å². The van der Waals surface area contributed by atoms with E-state index in [-0.39, 0.29) is 0 Å². The van der Waals surface area contributed by atoms with Crippen molar-refractivity contribution in [2.45, 2.75) is 154 Å². The van der Waals surface area contributed by atoms with Crippen molar-refractivity contribution < 1.29 is 5.11 Å². The molecule has 0 spiro atoms. The number of aliphatic hydroxyl groups is 1. The van der Waals surface area contributed by atoms with Crippen molar-refractivity contribution in [1.82, 2.24) is 0 Å². The van der Waals surface area contributed by atoms with Gasteiger partial charge in [-0.3, -0.25) is 0 Å². The molecule has 0 heterocycles. The quantitative estimate of drug-likeness (QED) is 0.0805. The maximum Gasteiger partial charge on any atom is 0.237 e. The summed E-state index contributed by atoms with van der Waals surface area (Å²) in [4.78, 5) is 0. The van der Waals surface area contributed by atoms with E-state index in [0.717, 1.165) is 12.5 Å². The van der Waals surface area contributed by atoms with E-state index in [9.17, 15) is 0 Å². The average Bonchev–Trinajstić information content (AvgIpc) is 2.71. The van der Waals surface area contributed by atoms with Crippen LogP contribution in [0.5, 0.6) is 0 Å². The molecule has 0 rings (SSSR count). The fourth-order valence-corrected chi connectivity index (χ4v) is 5.65. The second kappa shape index (κ2) is 26.8. The fourth-order valence-electron chi connectivity index (χ4n) is 4.12. The summed E-state index contributed by atoms with van der Waals surface area (Å²) in [5.74, 6) is 0. The highest BCUT2D eigenvalue weighted by Gasteiger charge is 2.00.